The summed E-state index contributed by atoms with van der Waals surface area (Å²) in [5, 5.41) is 4.08. The zero-order valence-corrected chi connectivity index (χ0v) is 25.3. The van der Waals surface area contributed by atoms with Crippen LogP contribution in [-0.2, 0) is 32.6 Å². The minimum absolute atomic E-state index is 0.0426. The lowest BCUT2D eigenvalue weighted by Crippen LogP contribution is -2.55. The molecule has 0 radical (unpaired) electrons. The van der Waals surface area contributed by atoms with Crippen LogP contribution < -0.4 is 9.62 Å². The van der Waals surface area contributed by atoms with Gasteiger partial charge in [0.1, 0.15) is 12.6 Å². The largest absolute Gasteiger partial charge is 0.352 e. The van der Waals surface area contributed by atoms with E-state index in [0.29, 0.717) is 10.0 Å². The van der Waals surface area contributed by atoms with Crippen LogP contribution in [0.3, 0.4) is 0 Å². The maximum absolute atomic E-state index is 14.1. The van der Waals surface area contributed by atoms with Crippen molar-refractivity contribution in [2.45, 2.75) is 57.2 Å². The number of benzene rings is 3. The molecule has 1 aliphatic carbocycles. The van der Waals surface area contributed by atoms with Crippen LogP contribution in [0.5, 0.6) is 0 Å². The zero-order chi connectivity index (χ0) is 29.4. The van der Waals surface area contributed by atoms with Gasteiger partial charge in [-0.05, 0) is 54.3 Å². The molecule has 1 aliphatic rings. The lowest BCUT2D eigenvalue weighted by atomic mass is 9.94. The van der Waals surface area contributed by atoms with E-state index in [1.54, 1.807) is 42.5 Å². The summed E-state index contributed by atoms with van der Waals surface area (Å²) < 4.78 is 26.8. The molecule has 0 aromatic heterocycles. The second-order valence-electron chi connectivity index (χ2n) is 10.4. The molecule has 0 unspecified atom stereocenters. The minimum Gasteiger partial charge on any atom is -0.352 e. The Morgan fingerprint density at radius 1 is 0.878 bits per heavy atom. The molecule has 0 aliphatic heterocycles. The van der Waals surface area contributed by atoms with Gasteiger partial charge < -0.3 is 10.2 Å². The molecule has 41 heavy (non-hydrogen) atoms. The highest BCUT2D eigenvalue weighted by Gasteiger charge is 2.34. The first-order chi connectivity index (χ1) is 19.6. The van der Waals surface area contributed by atoms with Gasteiger partial charge in [-0.15, -0.1) is 0 Å². The smallest absolute Gasteiger partial charge is 0.244 e. The van der Waals surface area contributed by atoms with Gasteiger partial charge >= 0.3 is 0 Å². The fourth-order valence-electron chi connectivity index (χ4n) is 5.13. The van der Waals surface area contributed by atoms with Crippen LogP contribution >= 0.6 is 23.2 Å². The van der Waals surface area contributed by atoms with Gasteiger partial charge in [0.2, 0.25) is 21.8 Å². The average Bonchev–Trinajstić information content (AvgIpc) is 2.95. The van der Waals surface area contributed by atoms with Crippen molar-refractivity contribution in [3.63, 3.8) is 0 Å². The van der Waals surface area contributed by atoms with Crippen LogP contribution in [0.2, 0.25) is 10.0 Å². The monoisotopic (exact) mass is 615 g/mol. The highest BCUT2D eigenvalue weighted by Crippen LogP contribution is 2.24. The molecule has 1 atom stereocenters. The number of hydrogen-bond acceptors (Lipinski definition) is 4. The molecule has 1 N–H and O–H groups in total. The molecule has 3 aromatic carbocycles. The van der Waals surface area contributed by atoms with Gasteiger partial charge in [-0.1, -0.05) is 91.0 Å². The first-order valence-corrected chi connectivity index (χ1v) is 16.3. The molecule has 0 bridgehead atoms. The molecule has 10 heteroatoms. The Hall–Kier alpha value is -3.07. The highest BCUT2D eigenvalue weighted by atomic mass is 35.5. The van der Waals surface area contributed by atoms with Crippen molar-refractivity contribution >= 4 is 50.7 Å². The summed E-state index contributed by atoms with van der Waals surface area (Å²) in [6.07, 6.45) is 6.34. The van der Waals surface area contributed by atoms with E-state index >= 15 is 0 Å². The van der Waals surface area contributed by atoms with E-state index in [0.717, 1.165) is 53.8 Å². The van der Waals surface area contributed by atoms with E-state index in [1.807, 2.05) is 30.3 Å². The van der Waals surface area contributed by atoms with Crippen molar-refractivity contribution in [2.75, 3.05) is 17.1 Å². The number of sulfonamides is 1. The number of nitrogens with one attached hydrogen (secondary N) is 1. The summed E-state index contributed by atoms with van der Waals surface area (Å²) in [5.41, 5.74) is 1.92. The van der Waals surface area contributed by atoms with Crippen molar-refractivity contribution in [3.05, 3.63) is 100 Å². The SMILES string of the molecule is CS(=O)(=O)N(CC(=O)N(Cc1ccc(Cl)cc1)[C@H](Cc1ccccc1)C(=O)NC1CCCCC1)c1cccc(Cl)c1. The quantitative estimate of drug-likeness (QED) is 0.293. The number of amides is 2. The molecule has 1 fully saturated rings. The maximum Gasteiger partial charge on any atom is 0.244 e. The average molecular weight is 617 g/mol. The number of anilines is 1. The van der Waals surface area contributed by atoms with Gasteiger partial charge in [-0.2, -0.15) is 0 Å². The van der Waals surface area contributed by atoms with E-state index in [-0.39, 0.29) is 30.6 Å². The predicted molar refractivity (Wildman–Crippen MR) is 165 cm³/mol. The van der Waals surface area contributed by atoms with Crippen molar-refractivity contribution < 1.29 is 18.0 Å². The number of rotatable bonds is 11. The molecule has 1 saturated carbocycles. The minimum atomic E-state index is -3.86. The summed E-state index contributed by atoms with van der Waals surface area (Å²) in [4.78, 5) is 29.6. The summed E-state index contributed by atoms with van der Waals surface area (Å²) in [5.74, 6) is -0.762. The van der Waals surface area contributed by atoms with E-state index in [4.69, 9.17) is 23.2 Å². The van der Waals surface area contributed by atoms with Gasteiger partial charge in [0.05, 0.1) is 11.9 Å². The molecule has 3 aromatic rings. The molecule has 7 nitrogen and oxygen atoms in total. The lowest BCUT2D eigenvalue weighted by molar-refractivity contribution is -0.140. The number of hydrogen-bond donors (Lipinski definition) is 1. The summed E-state index contributed by atoms with van der Waals surface area (Å²) in [6, 6.07) is 22.1. The topological polar surface area (TPSA) is 86.8 Å². The van der Waals surface area contributed by atoms with Crippen molar-refractivity contribution in [2.24, 2.45) is 0 Å². The Balaban J connectivity index is 1.71. The number of carbonyl (C=O) groups excluding carboxylic acids is 2. The second kappa shape index (κ2) is 14.2. The Labute approximate surface area is 252 Å². The van der Waals surface area contributed by atoms with Gasteiger partial charge in [0.15, 0.2) is 0 Å². The van der Waals surface area contributed by atoms with Gasteiger partial charge in [0, 0.05) is 29.1 Å². The fourth-order valence-corrected chi connectivity index (χ4v) is 6.28. The molecule has 218 valence electrons. The normalized spacial score (nSPS) is 14.7. The Kier molecular flexibility index (Phi) is 10.7. The summed E-state index contributed by atoms with van der Waals surface area (Å²) in [7, 11) is -3.86. The Morgan fingerprint density at radius 2 is 1.56 bits per heavy atom. The fraction of sp³-hybridized carbons (Fsp3) is 0.355. The zero-order valence-electron chi connectivity index (χ0n) is 23.0. The summed E-state index contributed by atoms with van der Waals surface area (Å²) >= 11 is 12.3. The predicted octanol–water partition coefficient (Wildman–Crippen LogP) is 5.85. The Morgan fingerprint density at radius 3 is 2.20 bits per heavy atom. The summed E-state index contributed by atoms with van der Waals surface area (Å²) in [6.45, 7) is -0.395. The molecule has 0 heterocycles. The maximum atomic E-state index is 14.1. The van der Waals surface area contributed by atoms with Crippen molar-refractivity contribution in [3.8, 4) is 0 Å². The van der Waals surface area contributed by atoms with Crippen LogP contribution in [0.15, 0.2) is 78.9 Å². The third-order valence-corrected chi connectivity index (χ3v) is 8.89. The van der Waals surface area contributed by atoms with Crippen molar-refractivity contribution in [1.82, 2.24) is 10.2 Å². The molecule has 0 saturated heterocycles. The van der Waals surface area contributed by atoms with Crippen LogP contribution in [0.4, 0.5) is 5.69 Å². The highest BCUT2D eigenvalue weighted by molar-refractivity contribution is 7.92. The van der Waals surface area contributed by atoms with Crippen LogP contribution in [-0.4, -0.2) is 50.0 Å². The van der Waals surface area contributed by atoms with Crippen LogP contribution in [0.25, 0.3) is 0 Å². The number of carbonyl (C=O) groups is 2. The number of halogens is 2. The van der Waals surface area contributed by atoms with E-state index in [9.17, 15) is 18.0 Å². The molecular weight excluding hydrogens is 581 g/mol. The molecule has 2 amide bonds. The number of nitrogens with zero attached hydrogens (tertiary/aromatic N) is 2. The lowest BCUT2D eigenvalue weighted by Gasteiger charge is -2.35. The van der Waals surface area contributed by atoms with E-state index in [1.165, 1.54) is 11.0 Å². The molecular formula is C31H35Cl2N3O4S. The third kappa shape index (κ3) is 8.96. The standard InChI is InChI=1S/C31H35Cl2N3O4S/c1-41(39,40)36(28-14-8-11-26(33)20-28)22-30(37)35(21-24-15-17-25(32)18-16-24)29(19-23-9-4-2-5-10-23)31(38)34-27-12-6-3-7-13-27/h2,4-5,8-11,14-18,20,27,29H,3,6-7,12-13,19,21-22H2,1H3,(H,34,38)/t29-/m1/s1. The van der Waals surface area contributed by atoms with Gasteiger partial charge in [-0.25, -0.2) is 8.42 Å². The van der Waals surface area contributed by atoms with E-state index < -0.39 is 28.5 Å². The third-order valence-electron chi connectivity index (χ3n) is 7.26. The second-order valence-corrected chi connectivity index (χ2v) is 13.2. The van der Waals surface area contributed by atoms with Crippen LogP contribution in [0.1, 0.15) is 43.2 Å². The molecule has 4 rings (SSSR count). The van der Waals surface area contributed by atoms with Crippen molar-refractivity contribution in [1.29, 1.82) is 0 Å². The van der Waals surface area contributed by atoms with Crippen LogP contribution in [0, 0.1) is 0 Å². The molecule has 0 spiro atoms. The van der Waals surface area contributed by atoms with Gasteiger partial charge in [0.25, 0.3) is 0 Å². The van der Waals surface area contributed by atoms with Gasteiger partial charge in [-0.3, -0.25) is 13.9 Å². The first kappa shape index (κ1) is 30.9. The van der Waals surface area contributed by atoms with E-state index in [2.05, 4.69) is 5.32 Å². The first-order valence-electron chi connectivity index (χ1n) is 13.7. The Bertz CT molecular complexity index is 1430.